The Morgan fingerprint density at radius 1 is 1.40 bits per heavy atom. The highest BCUT2D eigenvalue weighted by molar-refractivity contribution is 9.10. The van der Waals surface area contributed by atoms with Gasteiger partial charge in [-0.1, -0.05) is 31.9 Å². The Morgan fingerprint density at radius 3 is 2.53 bits per heavy atom. The van der Waals surface area contributed by atoms with E-state index in [1.807, 2.05) is 0 Å². The first-order chi connectivity index (χ1) is 7.13. The van der Waals surface area contributed by atoms with Gasteiger partial charge in [-0.25, -0.2) is 4.79 Å². The molecule has 82 valence electrons. The second kappa shape index (κ2) is 5.51. The molecule has 0 saturated carbocycles. The molecule has 0 saturated heterocycles. The summed E-state index contributed by atoms with van der Waals surface area (Å²) in [6, 6.07) is 3.49. The number of alkyl halides is 1. The number of esters is 1. The summed E-state index contributed by atoms with van der Waals surface area (Å²) in [6.07, 6.45) is 0. The second-order valence-electron chi connectivity index (χ2n) is 2.77. The summed E-state index contributed by atoms with van der Waals surface area (Å²) in [5.41, 5.74) is 1.40. The minimum absolute atomic E-state index is 0.401. The van der Waals surface area contributed by atoms with E-state index < -0.39 is 5.97 Å². The molecule has 5 heteroatoms. The highest BCUT2D eigenvalue weighted by Gasteiger charge is 2.15. The van der Waals surface area contributed by atoms with Gasteiger partial charge in [0.05, 0.1) is 14.2 Å². The number of hydrogen-bond acceptors (Lipinski definition) is 3. The van der Waals surface area contributed by atoms with Gasteiger partial charge in [-0.2, -0.15) is 0 Å². The number of ether oxygens (including phenoxy) is 2. The van der Waals surface area contributed by atoms with Crippen LogP contribution in [-0.2, 0) is 10.1 Å². The third-order valence-electron chi connectivity index (χ3n) is 1.92. The molecule has 0 spiro atoms. The molecule has 1 aromatic carbocycles. The minimum Gasteiger partial charge on any atom is -0.496 e. The number of hydrogen-bond donors (Lipinski definition) is 0. The predicted molar refractivity (Wildman–Crippen MR) is 64.7 cm³/mol. The van der Waals surface area contributed by atoms with Gasteiger partial charge in [-0.05, 0) is 17.7 Å². The van der Waals surface area contributed by atoms with Crippen LogP contribution in [0.4, 0.5) is 0 Å². The summed E-state index contributed by atoms with van der Waals surface area (Å²) in [4.78, 5) is 11.4. The Bertz CT molecular complexity index is 377. The number of halogens is 2. The summed E-state index contributed by atoms with van der Waals surface area (Å²) in [5, 5.41) is 0.654. The first-order valence-corrected chi connectivity index (χ1v) is 6.06. The van der Waals surface area contributed by atoms with Crippen molar-refractivity contribution in [3.8, 4) is 5.75 Å². The van der Waals surface area contributed by atoms with Crippen molar-refractivity contribution in [2.24, 2.45) is 0 Å². The standard InChI is InChI=1S/C10H10Br2O3/c1-14-9-4-8(12)6(5-11)3-7(9)10(13)15-2/h3-4H,5H2,1-2H3. The number of carbonyl (C=O) groups is 1. The molecule has 0 bridgehead atoms. The Labute approximate surface area is 105 Å². The average Bonchev–Trinajstić information content (AvgIpc) is 2.27. The van der Waals surface area contributed by atoms with Crippen molar-refractivity contribution in [2.75, 3.05) is 14.2 Å². The van der Waals surface area contributed by atoms with E-state index in [-0.39, 0.29) is 0 Å². The normalized spacial score (nSPS) is 9.87. The van der Waals surface area contributed by atoms with Crippen molar-refractivity contribution >= 4 is 37.8 Å². The fourth-order valence-corrected chi connectivity index (χ4v) is 2.44. The van der Waals surface area contributed by atoms with Crippen LogP contribution in [0.25, 0.3) is 0 Å². The van der Waals surface area contributed by atoms with Crippen molar-refractivity contribution in [1.82, 2.24) is 0 Å². The molecule has 0 heterocycles. The highest BCUT2D eigenvalue weighted by Crippen LogP contribution is 2.29. The maximum Gasteiger partial charge on any atom is 0.341 e. The number of carbonyl (C=O) groups excluding carboxylic acids is 1. The molecule has 0 aromatic heterocycles. The van der Waals surface area contributed by atoms with E-state index in [4.69, 9.17) is 4.74 Å². The van der Waals surface area contributed by atoms with Gasteiger partial charge in [0.25, 0.3) is 0 Å². The van der Waals surface area contributed by atoms with Crippen LogP contribution in [-0.4, -0.2) is 20.2 Å². The average molecular weight is 338 g/mol. The van der Waals surface area contributed by atoms with Gasteiger partial charge >= 0.3 is 5.97 Å². The lowest BCUT2D eigenvalue weighted by atomic mass is 10.1. The largest absolute Gasteiger partial charge is 0.496 e. The van der Waals surface area contributed by atoms with E-state index in [1.54, 1.807) is 12.1 Å². The topological polar surface area (TPSA) is 35.5 Å². The number of methoxy groups -OCH3 is 2. The molecular formula is C10H10Br2O3. The zero-order chi connectivity index (χ0) is 11.4. The van der Waals surface area contributed by atoms with Crippen LogP contribution >= 0.6 is 31.9 Å². The molecule has 0 fully saturated rings. The van der Waals surface area contributed by atoms with Crippen LogP contribution in [0.2, 0.25) is 0 Å². The monoisotopic (exact) mass is 336 g/mol. The zero-order valence-corrected chi connectivity index (χ0v) is 11.5. The van der Waals surface area contributed by atoms with Crippen LogP contribution in [0.15, 0.2) is 16.6 Å². The summed E-state index contributed by atoms with van der Waals surface area (Å²) in [5.74, 6) is 0.0972. The predicted octanol–water partition coefficient (Wildman–Crippen LogP) is 3.14. The molecule has 0 atom stereocenters. The van der Waals surface area contributed by atoms with Crippen molar-refractivity contribution in [2.45, 2.75) is 5.33 Å². The lowest BCUT2D eigenvalue weighted by molar-refractivity contribution is 0.0597. The van der Waals surface area contributed by atoms with Crippen LogP contribution in [0.1, 0.15) is 15.9 Å². The van der Waals surface area contributed by atoms with E-state index in [0.29, 0.717) is 16.6 Å². The maximum absolute atomic E-state index is 11.4. The Balaban J connectivity index is 3.28. The van der Waals surface area contributed by atoms with Gasteiger partial charge in [-0.15, -0.1) is 0 Å². The van der Waals surface area contributed by atoms with Gasteiger partial charge in [0.2, 0.25) is 0 Å². The molecule has 0 aliphatic carbocycles. The molecule has 15 heavy (non-hydrogen) atoms. The van der Waals surface area contributed by atoms with Crippen molar-refractivity contribution < 1.29 is 14.3 Å². The highest BCUT2D eigenvalue weighted by atomic mass is 79.9. The van der Waals surface area contributed by atoms with Crippen LogP contribution in [0.5, 0.6) is 5.75 Å². The fraction of sp³-hybridized carbons (Fsp3) is 0.300. The zero-order valence-electron chi connectivity index (χ0n) is 8.34. The van der Waals surface area contributed by atoms with E-state index in [0.717, 1.165) is 10.0 Å². The smallest absolute Gasteiger partial charge is 0.341 e. The van der Waals surface area contributed by atoms with Gasteiger partial charge in [-0.3, -0.25) is 0 Å². The Hall–Kier alpha value is -0.550. The van der Waals surface area contributed by atoms with Crippen LogP contribution < -0.4 is 4.74 Å². The first kappa shape index (κ1) is 12.5. The van der Waals surface area contributed by atoms with Gasteiger partial charge < -0.3 is 9.47 Å². The van der Waals surface area contributed by atoms with E-state index in [9.17, 15) is 4.79 Å². The third-order valence-corrected chi connectivity index (χ3v) is 3.26. The second-order valence-corrected chi connectivity index (χ2v) is 4.18. The van der Waals surface area contributed by atoms with E-state index in [2.05, 4.69) is 36.6 Å². The summed E-state index contributed by atoms with van der Waals surface area (Å²) < 4.78 is 10.7. The van der Waals surface area contributed by atoms with Crippen molar-refractivity contribution in [3.05, 3.63) is 27.7 Å². The van der Waals surface area contributed by atoms with Gasteiger partial charge in [0.15, 0.2) is 0 Å². The van der Waals surface area contributed by atoms with Crippen LogP contribution in [0.3, 0.4) is 0 Å². The Morgan fingerprint density at radius 2 is 2.07 bits per heavy atom. The summed E-state index contributed by atoms with van der Waals surface area (Å²) in [7, 11) is 2.86. The molecule has 0 aliphatic rings. The van der Waals surface area contributed by atoms with Crippen molar-refractivity contribution in [1.29, 1.82) is 0 Å². The van der Waals surface area contributed by atoms with Gasteiger partial charge in [0, 0.05) is 9.80 Å². The van der Waals surface area contributed by atoms with Crippen molar-refractivity contribution in [3.63, 3.8) is 0 Å². The number of rotatable bonds is 3. The summed E-state index contributed by atoms with van der Waals surface area (Å²) >= 11 is 6.73. The van der Waals surface area contributed by atoms with Gasteiger partial charge in [0.1, 0.15) is 11.3 Å². The fourth-order valence-electron chi connectivity index (χ4n) is 1.14. The molecule has 1 rings (SSSR count). The minimum atomic E-state index is -0.401. The van der Waals surface area contributed by atoms with Crippen LogP contribution in [0, 0.1) is 0 Å². The molecule has 0 amide bonds. The summed E-state index contributed by atoms with van der Waals surface area (Å²) in [6.45, 7) is 0. The maximum atomic E-state index is 11.4. The Kier molecular flexibility index (Phi) is 4.60. The molecule has 0 unspecified atom stereocenters. The van der Waals surface area contributed by atoms with E-state index >= 15 is 0 Å². The molecule has 1 aromatic rings. The molecule has 0 radical (unpaired) electrons. The molecule has 3 nitrogen and oxygen atoms in total. The third kappa shape index (κ3) is 2.72. The molecule has 0 aliphatic heterocycles. The SMILES string of the molecule is COC(=O)c1cc(CBr)c(Br)cc1OC. The first-order valence-electron chi connectivity index (χ1n) is 4.14. The quantitative estimate of drug-likeness (QED) is 0.628. The molecule has 0 N–H and O–H groups in total. The number of benzene rings is 1. The lowest BCUT2D eigenvalue weighted by Gasteiger charge is -2.09. The molecular weight excluding hydrogens is 328 g/mol. The van der Waals surface area contributed by atoms with E-state index in [1.165, 1.54) is 14.2 Å². The lowest BCUT2D eigenvalue weighted by Crippen LogP contribution is -2.05.